The van der Waals surface area contributed by atoms with E-state index in [4.69, 9.17) is 4.74 Å². The van der Waals surface area contributed by atoms with E-state index in [0.29, 0.717) is 24.8 Å². The molecule has 1 saturated carbocycles. The fourth-order valence-corrected chi connectivity index (χ4v) is 5.84. The summed E-state index contributed by atoms with van der Waals surface area (Å²) in [6.07, 6.45) is -0.459. The number of fused-ring (bicyclic) bond motifs is 3. The van der Waals surface area contributed by atoms with Crippen molar-refractivity contribution in [2.75, 3.05) is 14.1 Å². The lowest BCUT2D eigenvalue weighted by Crippen LogP contribution is -2.35. The van der Waals surface area contributed by atoms with Crippen molar-refractivity contribution in [3.8, 4) is 5.88 Å². The summed E-state index contributed by atoms with van der Waals surface area (Å²) in [6.45, 7) is 0. The quantitative estimate of drug-likeness (QED) is 0.769. The number of alkyl halides is 3. The maximum atomic E-state index is 12.9. The Morgan fingerprint density at radius 2 is 1.93 bits per heavy atom. The van der Waals surface area contributed by atoms with Crippen molar-refractivity contribution in [2.24, 2.45) is 0 Å². The molecule has 0 radical (unpaired) electrons. The predicted octanol–water partition coefficient (Wildman–Crippen LogP) is 4.29. The Balaban J connectivity index is 1.57. The highest BCUT2D eigenvalue weighted by molar-refractivity contribution is 7.19. The van der Waals surface area contributed by atoms with Gasteiger partial charge in [-0.25, -0.2) is 9.97 Å². The van der Waals surface area contributed by atoms with Gasteiger partial charge in [0.2, 0.25) is 5.88 Å². The number of halogens is 3. The highest BCUT2D eigenvalue weighted by Crippen LogP contribution is 2.48. The third-order valence-electron chi connectivity index (χ3n) is 6.23. The molecule has 0 spiro atoms. The molecule has 160 valence electrons. The zero-order valence-corrected chi connectivity index (χ0v) is 17.4. The van der Waals surface area contributed by atoms with Crippen LogP contribution in [0.5, 0.6) is 5.88 Å². The van der Waals surface area contributed by atoms with Gasteiger partial charge in [0, 0.05) is 10.9 Å². The number of nitrogens with zero attached hydrogens (tertiary/aromatic N) is 3. The van der Waals surface area contributed by atoms with Crippen molar-refractivity contribution >= 4 is 21.6 Å². The van der Waals surface area contributed by atoms with Gasteiger partial charge in [0.05, 0.1) is 5.39 Å². The molecule has 0 aromatic carbocycles. The standard InChI is InChI=1S/C20H26F3N3O2S/c1-26(2)12-4-6-13(7-5-12)28-18-17-16-11(9-15(27)20(21,22)23)3-8-14(16)29-19(17)25-10-24-18/h10-13,15,27H,3-9H2,1-2H3/t11-,12?,13?,15+/m1/s1. The van der Waals surface area contributed by atoms with Gasteiger partial charge in [-0.3, -0.25) is 0 Å². The van der Waals surface area contributed by atoms with Crippen LogP contribution in [-0.2, 0) is 6.42 Å². The monoisotopic (exact) mass is 429 g/mol. The van der Waals surface area contributed by atoms with Crippen molar-refractivity contribution in [1.82, 2.24) is 14.9 Å². The summed E-state index contributed by atoms with van der Waals surface area (Å²) in [7, 11) is 4.17. The van der Waals surface area contributed by atoms with E-state index in [1.807, 2.05) is 0 Å². The number of aliphatic hydroxyl groups excluding tert-OH is 1. The molecule has 0 saturated heterocycles. The van der Waals surface area contributed by atoms with Crippen molar-refractivity contribution in [2.45, 2.75) is 75.3 Å². The Labute approximate surface area is 171 Å². The van der Waals surface area contributed by atoms with Crippen molar-refractivity contribution < 1.29 is 23.0 Å². The zero-order valence-electron chi connectivity index (χ0n) is 16.6. The normalized spacial score (nSPS) is 26.1. The van der Waals surface area contributed by atoms with E-state index in [9.17, 15) is 18.3 Å². The van der Waals surface area contributed by atoms with Crippen LogP contribution in [0, 0.1) is 0 Å². The zero-order chi connectivity index (χ0) is 20.8. The molecule has 2 aromatic rings. The Bertz CT molecular complexity index is 863. The lowest BCUT2D eigenvalue weighted by molar-refractivity contribution is -0.206. The second kappa shape index (κ2) is 8.00. The minimum Gasteiger partial charge on any atom is -0.474 e. The lowest BCUT2D eigenvalue weighted by atomic mass is 9.92. The molecule has 0 bridgehead atoms. The maximum Gasteiger partial charge on any atom is 0.414 e. The molecule has 2 heterocycles. The molecule has 5 nitrogen and oxygen atoms in total. The van der Waals surface area contributed by atoms with Crippen LogP contribution in [0.15, 0.2) is 6.33 Å². The fraction of sp³-hybridized carbons (Fsp3) is 0.700. The summed E-state index contributed by atoms with van der Waals surface area (Å²) in [6, 6.07) is 0.555. The Kier molecular flexibility index (Phi) is 5.74. The minimum atomic E-state index is -4.60. The van der Waals surface area contributed by atoms with Gasteiger partial charge >= 0.3 is 6.18 Å². The Hall–Kier alpha value is -1.45. The molecular weight excluding hydrogens is 403 g/mol. The van der Waals surface area contributed by atoms with Crippen LogP contribution in [0.3, 0.4) is 0 Å². The molecule has 0 amide bonds. The van der Waals surface area contributed by atoms with E-state index in [0.717, 1.165) is 46.3 Å². The van der Waals surface area contributed by atoms with Gasteiger partial charge in [0.15, 0.2) is 0 Å². The smallest absolute Gasteiger partial charge is 0.414 e. The van der Waals surface area contributed by atoms with E-state index < -0.39 is 12.3 Å². The summed E-state index contributed by atoms with van der Waals surface area (Å²) < 4.78 is 44.9. The van der Waals surface area contributed by atoms with Gasteiger partial charge in [0.1, 0.15) is 23.4 Å². The van der Waals surface area contributed by atoms with E-state index in [2.05, 4.69) is 29.0 Å². The van der Waals surface area contributed by atoms with E-state index >= 15 is 0 Å². The largest absolute Gasteiger partial charge is 0.474 e. The van der Waals surface area contributed by atoms with E-state index in [1.54, 1.807) is 0 Å². The molecule has 2 aromatic heterocycles. The van der Waals surface area contributed by atoms with Gasteiger partial charge in [0.25, 0.3) is 0 Å². The van der Waals surface area contributed by atoms with Crippen LogP contribution >= 0.6 is 11.3 Å². The third-order valence-corrected chi connectivity index (χ3v) is 7.41. The van der Waals surface area contributed by atoms with Crippen molar-refractivity contribution in [3.63, 3.8) is 0 Å². The van der Waals surface area contributed by atoms with Gasteiger partial charge in [-0.05, 0) is 70.5 Å². The summed E-state index contributed by atoms with van der Waals surface area (Å²) in [5, 5.41) is 10.3. The number of ether oxygens (including phenoxy) is 1. The molecule has 0 unspecified atom stereocenters. The van der Waals surface area contributed by atoms with Crippen LogP contribution in [0.1, 0.15) is 54.9 Å². The van der Waals surface area contributed by atoms with Crippen molar-refractivity contribution in [1.29, 1.82) is 0 Å². The van der Waals surface area contributed by atoms with Crippen LogP contribution in [0.25, 0.3) is 10.2 Å². The molecule has 0 aliphatic heterocycles. The molecule has 2 atom stereocenters. The third kappa shape index (κ3) is 4.22. The number of hydrogen-bond acceptors (Lipinski definition) is 6. The average Bonchev–Trinajstić information content (AvgIpc) is 3.21. The van der Waals surface area contributed by atoms with E-state index in [1.165, 1.54) is 17.7 Å². The summed E-state index contributed by atoms with van der Waals surface area (Å²) in [4.78, 5) is 12.7. The van der Waals surface area contributed by atoms with Crippen LogP contribution < -0.4 is 4.74 Å². The van der Waals surface area contributed by atoms with Gasteiger partial charge in [-0.15, -0.1) is 11.3 Å². The van der Waals surface area contributed by atoms with Crippen molar-refractivity contribution in [3.05, 3.63) is 16.8 Å². The molecule has 2 aliphatic carbocycles. The second-order valence-corrected chi connectivity index (χ2v) is 9.42. The number of hydrogen-bond donors (Lipinski definition) is 1. The van der Waals surface area contributed by atoms with Gasteiger partial charge in [-0.1, -0.05) is 0 Å². The van der Waals surface area contributed by atoms with Crippen LogP contribution in [0.4, 0.5) is 13.2 Å². The topological polar surface area (TPSA) is 58.5 Å². The SMILES string of the molecule is CN(C)C1CCC(Oc2ncnc3sc4c(c23)[C@@H](C[C@H](O)C(F)(F)F)CC4)CC1. The highest BCUT2D eigenvalue weighted by atomic mass is 32.1. The van der Waals surface area contributed by atoms with Gasteiger partial charge in [-0.2, -0.15) is 13.2 Å². The fourth-order valence-electron chi connectivity index (χ4n) is 4.61. The molecule has 9 heteroatoms. The summed E-state index contributed by atoms with van der Waals surface area (Å²) in [5.41, 5.74) is 0.853. The van der Waals surface area contributed by atoms with Crippen LogP contribution in [0.2, 0.25) is 0 Å². The number of rotatable bonds is 5. The second-order valence-electron chi connectivity index (χ2n) is 8.34. The first kappa shape index (κ1) is 20.8. The number of aryl methyl sites for hydroxylation is 1. The van der Waals surface area contributed by atoms with Gasteiger partial charge < -0.3 is 14.7 Å². The first-order valence-electron chi connectivity index (χ1n) is 10.1. The molecule has 29 heavy (non-hydrogen) atoms. The molecule has 1 fully saturated rings. The summed E-state index contributed by atoms with van der Waals surface area (Å²) in [5.74, 6) is 0.127. The predicted molar refractivity (Wildman–Crippen MR) is 106 cm³/mol. The number of aliphatic hydroxyl groups is 1. The summed E-state index contributed by atoms with van der Waals surface area (Å²) >= 11 is 1.50. The van der Waals surface area contributed by atoms with E-state index in [-0.39, 0.29) is 18.4 Å². The minimum absolute atomic E-state index is 0.0560. The van der Waals surface area contributed by atoms with Crippen LogP contribution in [-0.4, -0.2) is 58.5 Å². The number of thiophene rings is 1. The molecule has 4 rings (SSSR count). The molecular formula is C20H26F3N3O2S. The molecule has 1 N–H and O–H groups in total. The maximum absolute atomic E-state index is 12.9. The lowest BCUT2D eigenvalue weighted by Gasteiger charge is -2.32. The highest BCUT2D eigenvalue weighted by Gasteiger charge is 2.42. The average molecular weight is 430 g/mol. The first-order chi connectivity index (χ1) is 13.7. The molecule has 2 aliphatic rings. The Morgan fingerprint density at radius 1 is 1.21 bits per heavy atom. The Morgan fingerprint density at radius 3 is 2.59 bits per heavy atom. The first-order valence-corrected chi connectivity index (χ1v) is 10.9. The number of aromatic nitrogens is 2.